The number of carbonyl (C=O) groups is 1. The molecule has 0 spiro atoms. The van der Waals surface area contributed by atoms with E-state index in [-0.39, 0.29) is 23.9 Å². The normalized spacial score (nSPS) is 15.3. The molecule has 0 radical (unpaired) electrons. The number of Topliss-reactive ketones (excluding diaryl/α,β-unsaturated/α-hetero) is 1. The van der Waals surface area contributed by atoms with Crippen molar-refractivity contribution in [1.29, 1.82) is 0 Å². The van der Waals surface area contributed by atoms with Crippen LogP contribution >= 0.6 is 0 Å². The van der Waals surface area contributed by atoms with Crippen molar-refractivity contribution in [2.75, 3.05) is 6.54 Å². The van der Waals surface area contributed by atoms with Crippen LogP contribution in [0.4, 0.5) is 4.39 Å². The maximum Gasteiger partial charge on any atom is 0.155 e. The van der Waals surface area contributed by atoms with Gasteiger partial charge >= 0.3 is 0 Å². The van der Waals surface area contributed by atoms with Crippen LogP contribution in [0.15, 0.2) is 83.9 Å². The van der Waals surface area contributed by atoms with E-state index < -0.39 is 5.54 Å². The lowest BCUT2D eigenvalue weighted by molar-refractivity contribution is -0.123. The molecule has 0 aliphatic carbocycles. The molecule has 2 heterocycles. The Morgan fingerprint density at radius 1 is 1.21 bits per heavy atom. The van der Waals surface area contributed by atoms with E-state index in [1.807, 2.05) is 45.9 Å². The second kappa shape index (κ2) is 14.8. The van der Waals surface area contributed by atoms with Gasteiger partial charge in [0.1, 0.15) is 11.0 Å². The third kappa shape index (κ3) is 8.05. The largest absolute Gasteiger partial charge is 0.377 e. The van der Waals surface area contributed by atoms with E-state index in [1.165, 1.54) is 22.3 Å². The number of carbonyl (C=O) groups excluding carboxylic acids is 1. The number of fused-ring (bicyclic) bond motifs is 2. The molecule has 0 saturated carbocycles. The zero-order chi connectivity index (χ0) is 30.9. The van der Waals surface area contributed by atoms with E-state index in [0.29, 0.717) is 6.42 Å². The highest BCUT2D eigenvalue weighted by atomic mass is 19.1. The van der Waals surface area contributed by atoms with E-state index in [1.54, 1.807) is 19.1 Å². The van der Waals surface area contributed by atoms with E-state index in [2.05, 4.69) is 64.9 Å². The van der Waals surface area contributed by atoms with E-state index in [9.17, 15) is 9.18 Å². The number of halogens is 1. The summed E-state index contributed by atoms with van der Waals surface area (Å²) in [6, 6.07) is 12.8. The number of aromatic nitrogens is 2. The molecule has 1 aliphatic rings. The third-order valence-electron chi connectivity index (χ3n) is 7.94. The van der Waals surface area contributed by atoms with Gasteiger partial charge in [-0.25, -0.2) is 9.02 Å². The maximum atomic E-state index is 13.2. The Kier molecular flexibility index (Phi) is 11.4. The standard InChI is InChI=1S/C19H19N3O.C16H26FNO/c1-3-22-12-16-11-14(8-10-17(16)13(22)2)7-9-15-5-4-6-18-19(15)21-23-20-18;1-7-9-15(17)11-8-10-13(4)16(6,14(5)19)18-12(2)3/h4-6,8,10-11H,2-3,7,9,12H2,1H3;8-10,13,18H,2,7,11H2,1,3-6H3/b;10-8-,15-9+. The number of ketones is 1. The van der Waals surface area contributed by atoms with Gasteiger partial charge in [-0.3, -0.25) is 4.79 Å². The summed E-state index contributed by atoms with van der Waals surface area (Å²) in [4.78, 5) is 14.1. The van der Waals surface area contributed by atoms with Gasteiger partial charge in [0.2, 0.25) is 0 Å². The zero-order valence-electron chi connectivity index (χ0n) is 26.0. The fourth-order valence-electron chi connectivity index (χ4n) is 5.18. The molecule has 1 aromatic heterocycles. The van der Waals surface area contributed by atoms with Gasteiger partial charge in [0.15, 0.2) is 5.78 Å². The van der Waals surface area contributed by atoms with Crippen molar-refractivity contribution in [1.82, 2.24) is 20.5 Å². The molecule has 6 nitrogen and oxygen atoms in total. The summed E-state index contributed by atoms with van der Waals surface area (Å²) >= 11 is 0. The molecule has 4 rings (SSSR count). The third-order valence-corrected chi connectivity index (χ3v) is 7.94. The van der Waals surface area contributed by atoms with Gasteiger partial charge in [0.05, 0.1) is 11.4 Å². The minimum absolute atomic E-state index is 0.0391. The highest BCUT2D eigenvalue weighted by molar-refractivity contribution is 5.86. The quantitative estimate of drug-likeness (QED) is 0.221. The van der Waals surface area contributed by atoms with Crippen LogP contribution in [0, 0.1) is 5.92 Å². The summed E-state index contributed by atoms with van der Waals surface area (Å²) in [7, 11) is 0. The Labute approximate surface area is 250 Å². The van der Waals surface area contributed by atoms with Crippen molar-refractivity contribution in [2.24, 2.45) is 5.92 Å². The first-order valence-electron chi connectivity index (χ1n) is 14.7. The van der Waals surface area contributed by atoms with Crippen LogP contribution < -0.4 is 5.32 Å². The van der Waals surface area contributed by atoms with Crippen LogP contribution in [-0.2, 0) is 24.2 Å². The van der Waals surface area contributed by atoms with Gasteiger partial charge in [-0.05, 0) is 80.0 Å². The summed E-state index contributed by atoms with van der Waals surface area (Å²) in [6.07, 6.45) is 8.09. The fraction of sp³-hybridized carbons (Fsp3) is 0.400. The number of benzene rings is 2. The minimum Gasteiger partial charge on any atom is -0.377 e. The lowest BCUT2D eigenvalue weighted by Crippen LogP contribution is -2.51. The molecule has 0 amide bonds. The molecule has 1 aliphatic heterocycles. The average molecular weight is 573 g/mol. The molecule has 3 aromatic rings. The van der Waals surface area contributed by atoms with E-state index in [0.717, 1.165) is 48.4 Å². The van der Waals surface area contributed by atoms with Crippen molar-refractivity contribution in [3.8, 4) is 0 Å². The second-order valence-corrected chi connectivity index (χ2v) is 11.1. The Morgan fingerprint density at radius 3 is 2.64 bits per heavy atom. The topological polar surface area (TPSA) is 71.3 Å². The molecular weight excluding hydrogens is 527 g/mol. The summed E-state index contributed by atoms with van der Waals surface area (Å²) < 4.78 is 18.1. The van der Waals surface area contributed by atoms with Crippen molar-refractivity contribution >= 4 is 22.5 Å². The van der Waals surface area contributed by atoms with Gasteiger partial charge in [0.25, 0.3) is 0 Å². The molecule has 2 unspecified atom stereocenters. The van der Waals surface area contributed by atoms with Gasteiger partial charge in [-0.1, -0.05) is 75.6 Å². The number of hydrogen-bond acceptors (Lipinski definition) is 6. The molecule has 0 fully saturated rings. The molecule has 7 heteroatoms. The predicted molar refractivity (Wildman–Crippen MR) is 170 cm³/mol. The van der Waals surface area contributed by atoms with Gasteiger partial charge < -0.3 is 10.2 Å². The van der Waals surface area contributed by atoms with Crippen molar-refractivity contribution in [3.05, 3.63) is 102 Å². The highest BCUT2D eigenvalue weighted by Crippen LogP contribution is 2.32. The second-order valence-electron chi connectivity index (χ2n) is 11.1. The number of nitrogens with one attached hydrogen (secondary N) is 1. The lowest BCUT2D eigenvalue weighted by atomic mass is 9.83. The van der Waals surface area contributed by atoms with Crippen molar-refractivity contribution < 1.29 is 13.8 Å². The van der Waals surface area contributed by atoms with Crippen LogP contribution in [0.2, 0.25) is 0 Å². The Hall–Kier alpha value is -4.00. The molecule has 224 valence electrons. The molecule has 0 bridgehead atoms. The van der Waals surface area contributed by atoms with Crippen LogP contribution in [0.25, 0.3) is 16.7 Å². The number of allylic oxidation sites excluding steroid dienone is 4. The maximum absolute atomic E-state index is 13.2. The smallest absolute Gasteiger partial charge is 0.155 e. The van der Waals surface area contributed by atoms with Crippen molar-refractivity contribution in [2.45, 2.75) is 79.3 Å². The molecular formula is C35H45FN4O2. The number of aryl methyl sites for hydroxylation is 2. The monoisotopic (exact) mass is 572 g/mol. The Morgan fingerprint density at radius 2 is 1.98 bits per heavy atom. The van der Waals surface area contributed by atoms with Crippen LogP contribution in [-0.4, -0.2) is 33.1 Å². The summed E-state index contributed by atoms with van der Waals surface area (Å²) in [5.74, 6) is -0.142. The van der Waals surface area contributed by atoms with Crippen LogP contribution in [0.5, 0.6) is 0 Å². The summed E-state index contributed by atoms with van der Waals surface area (Å²) in [6.45, 7) is 21.2. The van der Waals surface area contributed by atoms with Crippen LogP contribution in [0.3, 0.4) is 0 Å². The summed E-state index contributed by atoms with van der Waals surface area (Å²) in [5.41, 5.74) is 8.10. The fourth-order valence-corrected chi connectivity index (χ4v) is 5.18. The van der Waals surface area contributed by atoms with E-state index in [4.69, 9.17) is 4.63 Å². The van der Waals surface area contributed by atoms with Gasteiger partial charge in [-0.15, -0.1) is 0 Å². The Bertz CT molecular complexity index is 1470. The molecule has 2 aromatic carbocycles. The number of rotatable bonds is 12. The predicted octanol–water partition coefficient (Wildman–Crippen LogP) is 8.12. The molecule has 2 atom stereocenters. The first-order valence-corrected chi connectivity index (χ1v) is 14.7. The average Bonchev–Trinajstić information content (AvgIpc) is 3.56. The first kappa shape index (κ1) is 32.5. The number of nitrogens with zero attached hydrogens (tertiary/aromatic N) is 3. The zero-order valence-corrected chi connectivity index (χ0v) is 26.0. The SMILES string of the molecule is C=C(C)NC(C)(C(C)=O)C(C)/C=C\C/C(F)=C\CC.C=C1c2ccc(CCc3cccc4nonc34)cc2CN1CC. The lowest BCUT2D eigenvalue weighted by Gasteiger charge is -2.34. The minimum atomic E-state index is -0.701. The van der Waals surface area contributed by atoms with E-state index >= 15 is 0 Å². The molecule has 1 N–H and O–H groups in total. The van der Waals surface area contributed by atoms with Gasteiger partial charge in [0, 0.05) is 42.4 Å². The summed E-state index contributed by atoms with van der Waals surface area (Å²) in [5, 5.41) is 11.0. The number of hydrogen-bond donors (Lipinski definition) is 1. The molecule has 42 heavy (non-hydrogen) atoms. The molecule has 0 saturated heterocycles. The van der Waals surface area contributed by atoms with Gasteiger partial charge in [-0.2, -0.15) is 0 Å². The highest BCUT2D eigenvalue weighted by Gasteiger charge is 2.34. The van der Waals surface area contributed by atoms with Crippen molar-refractivity contribution in [3.63, 3.8) is 0 Å². The first-order chi connectivity index (χ1) is 20.0. The Balaban J connectivity index is 0.000000237. The van der Waals surface area contributed by atoms with Crippen LogP contribution in [0.1, 0.15) is 76.6 Å².